The summed E-state index contributed by atoms with van der Waals surface area (Å²) >= 11 is 0. The fourth-order valence-electron chi connectivity index (χ4n) is 3.97. The van der Waals surface area contributed by atoms with Crippen LogP contribution in [0.15, 0.2) is 42.7 Å². The van der Waals surface area contributed by atoms with Gasteiger partial charge in [0.1, 0.15) is 11.9 Å². The summed E-state index contributed by atoms with van der Waals surface area (Å²) in [6.07, 6.45) is 9.21. The van der Waals surface area contributed by atoms with Crippen molar-refractivity contribution in [3.8, 4) is 0 Å². The monoisotopic (exact) mass is 384 g/mol. The van der Waals surface area contributed by atoms with Crippen LogP contribution >= 0.6 is 0 Å². The topological polar surface area (TPSA) is 48.5 Å². The molecule has 1 unspecified atom stereocenters. The van der Waals surface area contributed by atoms with Crippen LogP contribution in [0.5, 0.6) is 0 Å². The molecule has 0 saturated heterocycles. The van der Waals surface area contributed by atoms with E-state index < -0.39 is 6.04 Å². The van der Waals surface area contributed by atoms with Crippen molar-refractivity contribution in [2.75, 3.05) is 31.4 Å². The van der Waals surface area contributed by atoms with Crippen molar-refractivity contribution in [2.45, 2.75) is 44.2 Å². The molecule has 0 bridgehead atoms. The van der Waals surface area contributed by atoms with E-state index in [1.54, 1.807) is 30.6 Å². The highest BCUT2D eigenvalue weighted by molar-refractivity contribution is 5.95. The van der Waals surface area contributed by atoms with Gasteiger partial charge in [-0.3, -0.25) is 14.7 Å². The Morgan fingerprint density at radius 3 is 2.54 bits per heavy atom. The van der Waals surface area contributed by atoms with Crippen molar-refractivity contribution in [3.63, 3.8) is 0 Å². The first kappa shape index (κ1) is 20.3. The van der Waals surface area contributed by atoms with Gasteiger partial charge in [-0.15, -0.1) is 0 Å². The average molecular weight is 384 g/mol. The van der Waals surface area contributed by atoms with Crippen LogP contribution in [0.2, 0.25) is 0 Å². The fourth-order valence-corrected chi connectivity index (χ4v) is 3.97. The lowest BCUT2D eigenvalue weighted by atomic mass is 9.94. The molecule has 1 heterocycles. The number of nitrogens with zero attached hydrogens (tertiary/aromatic N) is 3. The highest BCUT2D eigenvalue weighted by Gasteiger charge is 2.24. The normalized spacial score (nSPS) is 16.0. The van der Waals surface area contributed by atoms with Gasteiger partial charge >= 0.3 is 0 Å². The van der Waals surface area contributed by atoms with Crippen LogP contribution in [0.4, 0.5) is 15.8 Å². The maximum atomic E-state index is 14.8. The van der Waals surface area contributed by atoms with Crippen LogP contribution in [0.3, 0.4) is 0 Å². The summed E-state index contributed by atoms with van der Waals surface area (Å²) in [6.45, 7) is 0. The van der Waals surface area contributed by atoms with Crippen LogP contribution in [-0.2, 0) is 4.79 Å². The van der Waals surface area contributed by atoms with Gasteiger partial charge in [-0.05, 0) is 56.8 Å². The molecule has 1 aliphatic rings. The number of pyridine rings is 1. The van der Waals surface area contributed by atoms with Gasteiger partial charge in [-0.2, -0.15) is 0 Å². The van der Waals surface area contributed by atoms with E-state index in [9.17, 15) is 9.18 Å². The van der Waals surface area contributed by atoms with E-state index >= 15 is 0 Å². The molecule has 1 amide bonds. The standard InChI is InChI=1S/C22H29FN4O/c1-26(2)21(16-8-7-13-24-15-16)22(28)25-17-11-12-20(19(23)14-17)27(3)18-9-5-4-6-10-18/h7-8,11-15,18,21H,4-6,9-10H2,1-3H3,(H,25,28). The van der Waals surface area contributed by atoms with E-state index in [1.165, 1.54) is 25.3 Å². The second-order valence-corrected chi connectivity index (χ2v) is 7.71. The number of rotatable bonds is 6. The molecule has 0 aliphatic heterocycles. The van der Waals surface area contributed by atoms with Gasteiger partial charge in [0.05, 0.1) is 5.69 Å². The smallest absolute Gasteiger partial charge is 0.246 e. The number of aromatic nitrogens is 1. The summed E-state index contributed by atoms with van der Waals surface area (Å²) in [4.78, 5) is 20.8. The predicted octanol–water partition coefficient (Wildman–Crippen LogP) is 4.23. The van der Waals surface area contributed by atoms with E-state index in [0.717, 1.165) is 18.4 Å². The van der Waals surface area contributed by atoms with Gasteiger partial charge < -0.3 is 10.2 Å². The number of halogens is 1. The maximum absolute atomic E-state index is 14.8. The molecule has 150 valence electrons. The molecule has 1 aromatic heterocycles. The van der Waals surface area contributed by atoms with Gasteiger partial charge in [0.25, 0.3) is 0 Å². The van der Waals surface area contributed by atoms with Gasteiger partial charge in [0.15, 0.2) is 0 Å². The molecule has 0 radical (unpaired) electrons. The fraction of sp³-hybridized carbons (Fsp3) is 0.455. The minimum absolute atomic E-state index is 0.217. The van der Waals surface area contributed by atoms with E-state index in [1.807, 2.05) is 37.0 Å². The Balaban J connectivity index is 1.73. The second-order valence-electron chi connectivity index (χ2n) is 7.71. The lowest BCUT2D eigenvalue weighted by Gasteiger charge is -2.33. The van der Waals surface area contributed by atoms with Crippen LogP contribution in [0, 0.1) is 5.82 Å². The zero-order chi connectivity index (χ0) is 20.1. The largest absolute Gasteiger partial charge is 0.369 e. The first-order valence-corrected chi connectivity index (χ1v) is 9.87. The van der Waals surface area contributed by atoms with Crippen molar-refractivity contribution in [1.82, 2.24) is 9.88 Å². The highest BCUT2D eigenvalue weighted by atomic mass is 19.1. The molecule has 28 heavy (non-hydrogen) atoms. The minimum Gasteiger partial charge on any atom is -0.369 e. The van der Waals surface area contributed by atoms with E-state index in [2.05, 4.69) is 10.3 Å². The molecule has 0 spiro atoms. The number of amides is 1. The molecule has 1 N–H and O–H groups in total. The first-order valence-electron chi connectivity index (χ1n) is 9.87. The molecular weight excluding hydrogens is 355 g/mol. The Labute approximate surface area is 166 Å². The number of hydrogen-bond donors (Lipinski definition) is 1. The van der Waals surface area contributed by atoms with Crippen LogP contribution in [-0.4, -0.2) is 43.0 Å². The van der Waals surface area contributed by atoms with Gasteiger partial charge in [0.2, 0.25) is 5.91 Å². The van der Waals surface area contributed by atoms with Crippen LogP contribution < -0.4 is 10.2 Å². The number of likely N-dealkylation sites (N-methyl/N-ethyl adjacent to an activating group) is 1. The summed E-state index contributed by atoms with van der Waals surface area (Å²) in [5, 5.41) is 2.84. The summed E-state index contributed by atoms with van der Waals surface area (Å²) in [6, 6.07) is 8.48. The number of carbonyl (C=O) groups excluding carboxylic acids is 1. The quantitative estimate of drug-likeness (QED) is 0.810. The van der Waals surface area contributed by atoms with Gasteiger partial charge in [-0.25, -0.2) is 4.39 Å². The van der Waals surface area contributed by atoms with Crippen molar-refractivity contribution in [2.24, 2.45) is 0 Å². The van der Waals surface area contributed by atoms with E-state index in [4.69, 9.17) is 0 Å². The van der Waals surface area contributed by atoms with Crippen molar-refractivity contribution < 1.29 is 9.18 Å². The van der Waals surface area contributed by atoms with Crippen molar-refractivity contribution >= 4 is 17.3 Å². The molecule has 6 heteroatoms. The first-order chi connectivity index (χ1) is 13.5. The average Bonchev–Trinajstić information content (AvgIpc) is 2.69. The molecule has 1 atom stereocenters. The van der Waals surface area contributed by atoms with Crippen LogP contribution in [0.1, 0.15) is 43.7 Å². The van der Waals surface area contributed by atoms with Gasteiger partial charge in [0, 0.05) is 31.2 Å². The van der Waals surface area contributed by atoms with E-state index in [-0.39, 0.29) is 11.7 Å². The molecule has 1 saturated carbocycles. The third-order valence-corrected chi connectivity index (χ3v) is 5.48. The predicted molar refractivity (Wildman–Crippen MR) is 111 cm³/mol. The van der Waals surface area contributed by atoms with Crippen LogP contribution in [0.25, 0.3) is 0 Å². The summed E-state index contributed by atoms with van der Waals surface area (Å²) < 4.78 is 14.8. The molecule has 1 aromatic carbocycles. The van der Waals surface area contributed by atoms with Crippen molar-refractivity contribution in [3.05, 3.63) is 54.1 Å². The van der Waals surface area contributed by atoms with E-state index in [0.29, 0.717) is 17.4 Å². The molecular formula is C22H29FN4O. The number of carbonyl (C=O) groups is 1. The zero-order valence-electron chi connectivity index (χ0n) is 16.9. The number of hydrogen-bond acceptors (Lipinski definition) is 4. The molecule has 2 aromatic rings. The second kappa shape index (κ2) is 9.15. The molecule has 1 aliphatic carbocycles. The van der Waals surface area contributed by atoms with Crippen molar-refractivity contribution in [1.29, 1.82) is 0 Å². The Hall–Kier alpha value is -2.47. The Morgan fingerprint density at radius 2 is 1.93 bits per heavy atom. The number of benzene rings is 1. The maximum Gasteiger partial charge on any atom is 0.246 e. The zero-order valence-corrected chi connectivity index (χ0v) is 16.9. The number of anilines is 2. The summed E-state index contributed by atoms with van der Waals surface area (Å²) in [7, 11) is 5.62. The third-order valence-electron chi connectivity index (χ3n) is 5.48. The Morgan fingerprint density at radius 1 is 1.18 bits per heavy atom. The summed E-state index contributed by atoms with van der Waals surface area (Å²) in [5.74, 6) is -0.528. The SMILES string of the molecule is CN(C)C(C(=O)Nc1ccc(N(C)C2CCCCC2)c(F)c1)c1cccnc1. The third kappa shape index (κ3) is 4.68. The Bertz CT molecular complexity index is 790. The molecule has 5 nitrogen and oxygen atoms in total. The summed E-state index contributed by atoms with van der Waals surface area (Å²) in [5.41, 5.74) is 1.83. The highest BCUT2D eigenvalue weighted by Crippen LogP contribution is 2.29. The number of nitrogens with one attached hydrogen (secondary N) is 1. The Kier molecular flexibility index (Phi) is 6.62. The minimum atomic E-state index is -0.499. The lowest BCUT2D eigenvalue weighted by Crippen LogP contribution is -2.34. The molecule has 1 fully saturated rings. The molecule has 3 rings (SSSR count). The van der Waals surface area contributed by atoms with Gasteiger partial charge in [-0.1, -0.05) is 25.3 Å². The lowest BCUT2D eigenvalue weighted by molar-refractivity contribution is -0.120.